The number of pyridine rings is 1. The van der Waals surface area contributed by atoms with Crippen molar-refractivity contribution in [2.75, 3.05) is 0 Å². The standard InChI is InChI=1S/C21H24ClN3O/c1-14(2)9-16(10-21(26)25-12-15-5-7-23-8-6-15)19-13-24-20-4-3-17(22)11-18(19)20/h3-8,11,13-14,16,24H,9-10,12H2,1-2H3,(H,25,26)/t16-/m0/s1. The van der Waals surface area contributed by atoms with E-state index >= 15 is 0 Å². The first-order chi connectivity index (χ1) is 12.5. The molecule has 0 fully saturated rings. The molecule has 2 N–H and O–H groups in total. The van der Waals surface area contributed by atoms with E-state index in [0.29, 0.717) is 23.9 Å². The number of fused-ring (bicyclic) bond motifs is 1. The molecule has 0 bridgehead atoms. The maximum atomic E-state index is 12.5. The summed E-state index contributed by atoms with van der Waals surface area (Å²) in [6, 6.07) is 9.66. The fourth-order valence-electron chi connectivity index (χ4n) is 3.34. The minimum absolute atomic E-state index is 0.0591. The largest absolute Gasteiger partial charge is 0.361 e. The van der Waals surface area contributed by atoms with E-state index in [0.717, 1.165) is 28.5 Å². The Balaban J connectivity index is 1.75. The van der Waals surface area contributed by atoms with Gasteiger partial charge < -0.3 is 10.3 Å². The number of nitrogens with zero attached hydrogens (tertiary/aromatic N) is 1. The topological polar surface area (TPSA) is 57.8 Å². The van der Waals surface area contributed by atoms with E-state index in [9.17, 15) is 4.79 Å². The van der Waals surface area contributed by atoms with Crippen LogP contribution >= 0.6 is 11.6 Å². The van der Waals surface area contributed by atoms with E-state index in [1.54, 1.807) is 12.4 Å². The number of benzene rings is 1. The summed E-state index contributed by atoms with van der Waals surface area (Å²) in [5, 5.41) is 4.83. The number of nitrogens with one attached hydrogen (secondary N) is 2. The monoisotopic (exact) mass is 369 g/mol. The van der Waals surface area contributed by atoms with Gasteiger partial charge in [0.25, 0.3) is 0 Å². The van der Waals surface area contributed by atoms with Crippen LogP contribution in [0.1, 0.15) is 43.7 Å². The van der Waals surface area contributed by atoms with Gasteiger partial charge in [-0.2, -0.15) is 0 Å². The molecule has 5 heteroatoms. The Morgan fingerprint density at radius 3 is 2.73 bits per heavy atom. The van der Waals surface area contributed by atoms with Crippen molar-refractivity contribution in [1.29, 1.82) is 0 Å². The molecule has 0 saturated heterocycles. The van der Waals surface area contributed by atoms with Crippen molar-refractivity contribution in [2.24, 2.45) is 5.92 Å². The maximum Gasteiger partial charge on any atom is 0.220 e. The summed E-state index contributed by atoms with van der Waals surface area (Å²) < 4.78 is 0. The van der Waals surface area contributed by atoms with Crippen molar-refractivity contribution >= 4 is 28.4 Å². The average Bonchev–Trinajstić information content (AvgIpc) is 3.03. The fraction of sp³-hybridized carbons (Fsp3) is 0.333. The van der Waals surface area contributed by atoms with Crippen LogP contribution in [0.5, 0.6) is 0 Å². The van der Waals surface area contributed by atoms with Crippen LogP contribution in [0.4, 0.5) is 0 Å². The Bertz CT molecular complexity index is 873. The minimum Gasteiger partial charge on any atom is -0.361 e. The van der Waals surface area contributed by atoms with Gasteiger partial charge in [0.05, 0.1) is 0 Å². The smallest absolute Gasteiger partial charge is 0.220 e. The predicted octanol–water partition coefficient (Wildman–Crippen LogP) is 5.05. The molecule has 1 atom stereocenters. The summed E-state index contributed by atoms with van der Waals surface area (Å²) in [6.45, 7) is 4.89. The third-order valence-corrected chi connectivity index (χ3v) is 4.78. The number of hydrogen-bond donors (Lipinski definition) is 2. The highest BCUT2D eigenvalue weighted by Gasteiger charge is 2.20. The molecule has 0 saturated carbocycles. The van der Waals surface area contributed by atoms with Crippen LogP contribution in [0.15, 0.2) is 48.9 Å². The van der Waals surface area contributed by atoms with Crippen LogP contribution in [0.2, 0.25) is 5.02 Å². The highest BCUT2D eigenvalue weighted by molar-refractivity contribution is 6.31. The van der Waals surface area contributed by atoms with Crippen molar-refractivity contribution in [1.82, 2.24) is 15.3 Å². The van der Waals surface area contributed by atoms with Gasteiger partial charge in [0.1, 0.15) is 0 Å². The zero-order valence-corrected chi connectivity index (χ0v) is 15.9. The zero-order chi connectivity index (χ0) is 18.5. The molecule has 0 aliphatic heterocycles. The van der Waals surface area contributed by atoms with Gasteiger partial charge in [-0.3, -0.25) is 9.78 Å². The van der Waals surface area contributed by atoms with E-state index in [-0.39, 0.29) is 11.8 Å². The fourth-order valence-corrected chi connectivity index (χ4v) is 3.51. The average molecular weight is 370 g/mol. The first-order valence-corrected chi connectivity index (χ1v) is 9.33. The van der Waals surface area contributed by atoms with Crippen molar-refractivity contribution in [3.8, 4) is 0 Å². The number of carbonyl (C=O) groups excluding carboxylic acids is 1. The summed E-state index contributed by atoms with van der Waals surface area (Å²) in [5.74, 6) is 0.709. The first-order valence-electron chi connectivity index (χ1n) is 8.95. The Kier molecular flexibility index (Phi) is 5.94. The third kappa shape index (κ3) is 4.64. The Labute approximate surface area is 159 Å². The molecule has 2 aromatic heterocycles. The summed E-state index contributed by atoms with van der Waals surface area (Å²) in [7, 11) is 0. The molecule has 0 unspecified atom stereocenters. The van der Waals surface area contributed by atoms with E-state index in [1.807, 2.05) is 36.5 Å². The van der Waals surface area contributed by atoms with Crippen LogP contribution in [0, 0.1) is 5.92 Å². The summed E-state index contributed by atoms with van der Waals surface area (Å²) in [4.78, 5) is 19.8. The zero-order valence-electron chi connectivity index (χ0n) is 15.1. The van der Waals surface area contributed by atoms with Crippen LogP contribution in [-0.2, 0) is 11.3 Å². The van der Waals surface area contributed by atoms with Crippen molar-refractivity contribution in [3.05, 3.63) is 65.1 Å². The molecule has 3 aromatic rings. The lowest BCUT2D eigenvalue weighted by atomic mass is 9.87. The number of aromatic nitrogens is 2. The summed E-state index contributed by atoms with van der Waals surface area (Å²) in [6.07, 6.45) is 6.90. The number of aromatic amines is 1. The first kappa shape index (κ1) is 18.5. The second kappa shape index (κ2) is 8.37. The Morgan fingerprint density at radius 2 is 2.00 bits per heavy atom. The van der Waals surface area contributed by atoms with Gasteiger partial charge in [0.2, 0.25) is 5.91 Å². The molecule has 1 amide bonds. The molecule has 2 heterocycles. The third-order valence-electron chi connectivity index (χ3n) is 4.54. The quantitative estimate of drug-likeness (QED) is 0.612. The van der Waals surface area contributed by atoms with Gasteiger partial charge in [-0.15, -0.1) is 0 Å². The highest BCUT2D eigenvalue weighted by Crippen LogP contribution is 2.33. The predicted molar refractivity (Wildman–Crippen MR) is 106 cm³/mol. The van der Waals surface area contributed by atoms with E-state index in [1.165, 1.54) is 0 Å². The molecular weight excluding hydrogens is 346 g/mol. The van der Waals surface area contributed by atoms with Crippen LogP contribution in [0.3, 0.4) is 0 Å². The molecule has 136 valence electrons. The highest BCUT2D eigenvalue weighted by atomic mass is 35.5. The number of amides is 1. The van der Waals surface area contributed by atoms with E-state index < -0.39 is 0 Å². The maximum absolute atomic E-state index is 12.5. The number of halogens is 1. The SMILES string of the molecule is CC(C)C[C@@H](CC(=O)NCc1ccncc1)c1c[nH]c2ccc(Cl)cc12. The van der Waals surface area contributed by atoms with Crippen LogP contribution < -0.4 is 5.32 Å². The Hall–Kier alpha value is -2.33. The molecule has 0 spiro atoms. The van der Waals surface area contributed by atoms with Gasteiger partial charge in [-0.1, -0.05) is 25.4 Å². The molecule has 26 heavy (non-hydrogen) atoms. The van der Waals surface area contributed by atoms with Crippen molar-refractivity contribution in [2.45, 2.75) is 39.2 Å². The number of hydrogen-bond acceptors (Lipinski definition) is 2. The number of carbonyl (C=O) groups is 1. The molecule has 1 aromatic carbocycles. The molecular formula is C21H24ClN3O. The van der Waals surface area contributed by atoms with Crippen molar-refractivity contribution < 1.29 is 4.79 Å². The number of rotatable bonds is 7. The van der Waals surface area contributed by atoms with Crippen LogP contribution in [-0.4, -0.2) is 15.9 Å². The van der Waals surface area contributed by atoms with Gasteiger partial charge in [-0.25, -0.2) is 0 Å². The summed E-state index contributed by atoms with van der Waals surface area (Å²) >= 11 is 6.18. The van der Waals surface area contributed by atoms with Crippen LogP contribution in [0.25, 0.3) is 10.9 Å². The molecule has 4 nitrogen and oxygen atoms in total. The summed E-state index contributed by atoms with van der Waals surface area (Å²) in [5.41, 5.74) is 3.26. The lowest BCUT2D eigenvalue weighted by Gasteiger charge is -2.19. The van der Waals surface area contributed by atoms with Gasteiger partial charge in [-0.05, 0) is 59.7 Å². The lowest BCUT2D eigenvalue weighted by molar-refractivity contribution is -0.121. The molecule has 3 rings (SSSR count). The van der Waals surface area contributed by atoms with Gasteiger partial charge in [0.15, 0.2) is 0 Å². The minimum atomic E-state index is 0.0591. The van der Waals surface area contributed by atoms with E-state index in [2.05, 4.69) is 29.1 Å². The van der Waals surface area contributed by atoms with Gasteiger partial charge in [0, 0.05) is 47.5 Å². The van der Waals surface area contributed by atoms with Crippen molar-refractivity contribution in [3.63, 3.8) is 0 Å². The molecule has 0 radical (unpaired) electrons. The molecule has 0 aliphatic carbocycles. The second-order valence-corrected chi connectivity index (χ2v) is 7.53. The lowest BCUT2D eigenvalue weighted by Crippen LogP contribution is -2.25. The number of H-pyrrole nitrogens is 1. The Morgan fingerprint density at radius 1 is 1.23 bits per heavy atom. The van der Waals surface area contributed by atoms with Gasteiger partial charge >= 0.3 is 0 Å². The van der Waals surface area contributed by atoms with E-state index in [4.69, 9.17) is 11.6 Å². The normalized spacial score (nSPS) is 12.5. The molecule has 0 aliphatic rings. The second-order valence-electron chi connectivity index (χ2n) is 7.10.